The van der Waals surface area contributed by atoms with Crippen molar-refractivity contribution in [3.8, 4) is 0 Å². The van der Waals surface area contributed by atoms with Gasteiger partial charge in [0.15, 0.2) is 5.65 Å². The number of aryl methyl sites for hydroxylation is 1. The molecule has 5 heteroatoms. The molecule has 4 nitrogen and oxygen atoms in total. The van der Waals surface area contributed by atoms with Crippen LogP contribution in [0.3, 0.4) is 0 Å². The Hall–Kier alpha value is -1.23. The minimum absolute atomic E-state index is 0.450. The molecule has 0 amide bonds. The summed E-state index contributed by atoms with van der Waals surface area (Å²) in [6.45, 7) is 2.01. The third-order valence-corrected chi connectivity index (χ3v) is 5.10. The Morgan fingerprint density at radius 3 is 2.95 bits per heavy atom. The van der Waals surface area contributed by atoms with Crippen LogP contribution in [0, 0.1) is 6.92 Å². The first-order valence-corrected chi connectivity index (χ1v) is 8.11. The minimum Gasteiger partial charge on any atom is -0.369 e. The van der Waals surface area contributed by atoms with E-state index in [0.717, 1.165) is 22.1 Å². The number of nitrogens with zero attached hydrogens (tertiary/aromatic N) is 3. The van der Waals surface area contributed by atoms with Crippen LogP contribution in [0.2, 0.25) is 0 Å². The van der Waals surface area contributed by atoms with Crippen molar-refractivity contribution in [2.75, 3.05) is 12.0 Å². The van der Waals surface area contributed by atoms with Crippen molar-refractivity contribution < 1.29 is 0 Å². The van der Waals surface area contributed by atoms with Gasteiger partial charge in [0.2, 0.25) is 5.95 Å². The zero-order valence-electron chi connectivity index (χ0n) is 11.5. The molecule has 0 bridgehead atoms. The Balaban J connectivity index is 2.03. The van der Waals surface area contributed by atoms with E-state index in [-0.39, 0.29) is 0 Å². The monoisotopic (exact) mass is 276 g/mol. The van der Waals surface area contributed by atoms with Crippen LogP contribution >= 0.6 is 11.8 Å². The molecule has 1 fully saturated rings. The van der Waals surface area contributed by atoms with Crippen molar-refractivity contribution in [1.82, 2.24) is 14.5 Å². The van der Waals surface area contributed by atoms with E-state index in [1.807, 2.05) is 30.8 Å². The highest BCUT2D eigenvalue weighted by molar-refractivity contribution is 7.99. The third kappa shape index (κ3) is 2.31. The SMILES string of the molecule is CSC1CCCC(n2c(N)nc3ccc(C)nc32)C1. The molecule has 0 saturated heterocycles. The highest BCUT2D eigenvalue weighted by atomic mass is 32.2. The Labute approximate surface area is 117 Å². The molecule has 0 spiro atoms. The van der Waals surface area contributed by atoms with Gasteiger partial charge in [0, 0.05) is 17.0 Å². The zero-order valence-corrected chi connectivity index (χ0v) is 12.3. The fourth-order valence-electron chi connectivity index (χ4n) is 3.01. The van der Waals surface area contributed by atoms with Crippen molar-refractivity contribution in [3.63, 3.8) is 0 Å². The van der Waals surface area contributed by atoms with Gasteiger partial charge in [-0.3, -0.25) is 4.57 Å². The first-order valence-electron chi connectivity index (χ1n) is 6.83. The molecule has 1 saturated carbocycles. The molecule has 2 heterocycles. The highest BCUT2D eigenvalue weighted by Gasteiger charge is 2.26. The molecule has 2 N–H and O–H groups in total. The average Bonchev–Trinajstić information content (AvgIpc) is 2.74. The van der Waals surface area contributed by atoms with Crippen LogP contribution in [0.15, 0.2) is 12.1 Å². The smallest absolute Gasteiger partial charge is 0.202 e. The number of pyridine rings is 1. The van der Waals surface area contributed by atoms with Crippen LogP contribution < -0.4 is 5.73 Å². The fourth-order valence-corrected chi connectivity index (χ4v) is 3.83. The van der Waals surface area contributed by atoms with E-state index < -0.39 is 0 Å². The van der Waals surface area contributed by atoms with Crippen LogP contribution in [0.1, 0.15) is 37.4 Å². The standard InChI is InChI=1S/C14H20N4S/c1-9-6-7-12-13(16-9)18(14(15)17-12)10-4-3-5-11(8-10)19-2/h6-7,10-11H,3-5,8H2,1-2H3,(H2,15,17). The second-order valence-electron chi connectivity index (χ2n) is 5.31. The first-order chi connectivity index (χ1) is 9.19. The number of rotatable bonds is 2. The van der Waals surface area contributed by atoms with Crippen molar-refractivity contribution in [3.05, 3.63) is 17.8 Å². The Morgan fingerprint density at radius 2 is 2.16 bits per heavy atom. The van der Waals surface area contributed by atoms with Gasteiger partial charge in [-0.2, -0.15) is 11.8 Å². The van der Waals surface area contributed by atoms with Crippen LogP contribution in [-0.4, -0.2) is 26.0 Å². The van der Waals surface area contributed by atoms with Gasteiger partial charge in [-0.25, -0.2) is 9.97 Å². The van der Waals surface area contributed by atoms with E-state index in [9.17, 15) is 0 Å². The number of aromatic nitrogens is 3. The lowest BCUT2D eigenvalue weighted by molar-refractivity contribution is 0.369. The van der Waals surface area contributed by atoms with Crippen LogP contribution in [0.4, 0.5) is 5.95 Å². The van der Waals surface area contributed by atoms with Crippen molar-refractivity contribution in [2.24, 2.45) is 0 Å². The molecule has 0 aliphatic heterocycles. The number of thioether (sulfide) groups is 1. The second kappa shape index (κ2) is 5.04. The third-order valence-electron chi connectivity index (χ3n) is 4.00. The summed E-state index contributed by atoms with van der Waals surface area (Å²) in [6.07, 6.45) is 7.14. The summed E-state index contributed by atoms with van der Waals surface area (Å²) in [5.41, 5.74) is 9.01. The van der Waals surface area contributed by atoms with Gasteiger partial charge in [-0.15, -0.1) is 0 Å². The number of imidazole rings is 1. The molecule has 102 valence electrons. The lowest BCUT2D eigenvalue weighted by Gasteiger charge is -2.29. The predicted octanol–water partition coefficient (Wildman–Crippen LogP) is 3.17. The summed E-state index contributed by atoms with van der Waals surface area (Å²) in [6, 6.07) is 4.45. The van der Waals surface area contributed by atoms with E-state index in [4.69, 9.17) is 5.73 Å². The van der Waals surface area contributed by atoms with Gasteiger partial charge in [0.05, 0.1) is 0 Å². The Bertz CT molecular complexity index is 592. The molecular weight excluding hydrogens is 256 g/mol. The van der Waals surface area contributed by atoms with Gasteiger partial charge in [0.25, 0.3) is 0 Å². The van der Waals surface area contributed by atoms with Gasteiger partial charge >= 0.3 is 0 Å². The highest BCUT2D eigenvalue weighted by Crippen LogP contribution is 2.36. The molecule has 0 aromatic carbocycles. The molecular formula is C14H20N4S. The number of nitrogen functional groups attached to an aromatic ring is 1. The summed E-state index contributed by atoms with van der Waals surface area (Å²) in [5.74, 6) is 0.611. The number of fused-ring (bicyclic) bond motifs is 1. The van der Waals surface area contributed by atoms with E-state index in [2.05, 4.69) is 20.8 Å². The maximum atomic E-state index is 6.13. The van der Waals surface area contributed by atoms with E-state index >= 15 is 0 Å². The van der Waals surface area contributed by atoms with Crippen molar-refractivity contribution >= 4 is 28.9 Å². The molecule has 1 aliphatic rings. The number of hydrogen-bond donors (Lipinski definition) is 1. The minimum atomic E-state index is 0.450. The lowest BCUT2D eigenvalue weighted by Crippen LogP contribution is -2.22. The van der Waals surface area contributed by atoms with Crippen LogP contribution in [0.5, 0.6) is 0 Å². The molecule has 19 heavy (non-hydrogen) atoms. The van der Waals surface area contributed by atoms with Gasteiger partial charge in [-0.1, -0.05) is 6.42 Å². The second-order valence-corrected chi connectivity index (χ2v) is 6.45. The molecule has 1 aliphatic carbocycles. The lowest BCUT2D eigenvalue weighted by atomic mass is 9.95. The first kappa shape index (κ1) is 12.8. The summed E-state index contributed by atoms with van der Waals surface area (Å²) < 4.78 is 2.16. The van der Waals surface area contributed by atoms with Crippen molar-refractivity contribution in [2.45, 2.75) is 43.9 Å². The quantitative estimate of drug-likeness (QED) is 0.915. The van der Waals surface area contributed by atoms with Crippen LogP contribution in [-0.2, 0) is 0 Å². The number of nitrogens with two attached hydrogens (primary N) is 1. The Kier molecular flexibility index (Phi) is 3.39. The topological polar surface area (TPSA) is 56.7 Å². The maximum absolute atomic E-state index is 6.13. The molecule has 2 aromatic rings. The molecule has 0 radical (unpaired) electrons. The normalized spacial score (nSPS) is 23.9. The van der Waals surface area contributed by atoms with E-state index in [1.54, 1.807) is 0 Å². The van der Waals surface area contributed by atoms with Crippen molar-refractivity contribution in [1.29, 1.82) is 0 Å². The fraction of sp³-hybridized carbons (Fsp3) is 0.571. The van der Waals surface area contributed by atoms with Gasteiger partial charge in [-0.05, 0) is 44.6 Å². The zero-order chi connectivity index (χ0) is 13.4. The summed E-state index contributed by atoms with van der Waals surface area (Å²) >= 11 is 1.97. The molecule has 3 rings (SSSR count). The van der Waals surface area contributed by atoms with Gasteiger partial charge < -0.3 is 5.73 Å². The van der Waals surface area contributed by atoms with Crippen LogP contribution in [0.25, 0.3) is 11.2 Å². The summed E-state index contributed by atoms with van der Waals surface area (Å²) in [7, 11) is 0. The largest absolute Gasteiger partial charge is 0.369 e. The average molecular weight is 276 g/mol. The summed E-state index contributed by atoms with van der Waals surface area (Å²) in [4.78, 5) is 9.09. The number of hydrogen-bond acceptors (Lipinski definition) is 4. The van der Waals surface area contributed by atoms with Gasteiger partial charge in [0.1, 0.15) is 5.52 Å². The number of anilines is 1. The summed E-state index contributed by atoms with van der Waals surface area (Å²) in [5, 5.41) is 0.736. The van der Waals surface area contributed by atoms with E-state index in [0.29, 0.717) is 12.0 Å². The molecule has 2 atom stereocenters. The maximum Gasteiger partial charge on any atom is 0.202 e. The Morgan fingerprint density at radius 1 is 1.32 bits per heavy atom. The molecule has 2 unspecified atom stereocenters. The molecule has 2 aromatic heterocycles. The van der Waals surface area contributed by atoms with E-state index in [1.165, 1.54) is 25.7 Å². The predicted molar refractivity (Wildman–Crippen MR) is 81.5 cm³/mol.